The van der Waals surface area contributed by atoms with E-state index in [1.807, 2.05) is 72.8 Å². The number of rotatable bonds is 15. The molecule has 3 aromatic rings. The van der Waals surface area contributed by atoms with E-state index < -0.39 is 124 Å². The van der Waals surface area contributed by atoms with Gasteiger partial charge in [0.2, 0.25) is 11.8 Å². The lowest BCUT2D eigenvalue weighted by atomic mass is 9.38. The number of amides is 3. The summed E-state index contributed by atoms with van der Waals surface area (Å²) in [5.74, 6) is -4.60. The van der Waals surface area contributed by atoms with Gasteiger partial charge >= 0.3 is 12.1 Å². The standard InChI is InChI=1S/C60H67F2N3O12/c1-54(2,3)76-50(71)19-18-45(64-49(70)27-63-53(73)74-29-40-38-12-8-6-10-36(38)37-11-7-9-13-39(37)40)51(72)65-58-30-57(31-58,32-58)25-33-14-16-34(17-15-33)52-75-48-24-41-42-23-44(61)43-22-35(67)20-21-55(43,4)59(42,62)46(68)26-56(41,5)60(48,77-52)47(69)28-66/h6-17,20-22,40-42,44-46,48,52,66,68H,18-19,23-32H2,1-5H3,(H,63,73)(H,64,70)(H,65,72)/t41-,42-,44-,45-,46-,48+,52+,55-,56-,57?,58?,59-,60+/m0/s1. The van der Waals surface area contributed by atoms with Gasteiger partial charge in [0.15, 0.2) is 29.1 Å². The Morgan fingerprint density at radius 2 is 1.57 bits per heavy atom. The van der Waals surface area contributed by atoms with Gasteiger partial charge in [0.1, 0.15) is 37.6 Å². The van der Waals surface area contributed by atoms with Crippen LogP contribution in [0.5, 0.6) is 0 Å². The number of ketones is 2. The average Bonchev–Trinajstić information content (AvgIpc) is 4.16. The van der Waals surface area contributed by atoms with Crippen molar-refractivity contribution in [2.75, 3.05) is 19.8 Å². The van der Waals surface area contributed by atoms with E-state index in [1.165, 1.54) is 19.1 Å². The van der Waals surface area contributed by atoms with Gasteiger partial charge in [0, 0.05) is 40.2 Å². The van der Waals surface area contributed by atoms with Gasteiger partial charge in [0.25, 0.3) is 0 Å². The zero-order valence-electron chi connectivity index (χ0n) is 44.0. The lowest BCUT2D eigenvalue weighted by molar-refractivity contribution is -0.235. The number of hydrogen-bond donors (Lipinski definition) is 5. The fourth-order valence-corrected chi connectivity index (χ4v) is 15.6. The lowest BCUT2D eigenvalue weighted by Crippen LogP contribution is -2.76. The summed E-state index contributed by atoms with van der Waals surface area (Å²) < 4.78 is 58.2. The number of fused-ring (bicyclic) bond motifs is 10. The molecule has 1 saturated heterocycles. The van der Waals surface area contributed by atoms with Crippen molar-refractivity contribution in [2.45, 2.75) is 151 Å². The third-order valence-electron chi connectivity index (χ3n) is 18.7. The van der Waals surface area contributed by atoms with Crippen molar-refractivity contribution in [3.8, 4) is 11.1 Å². The van der Waals surface area contributed by atoms with E-state index >= 15 is 8.78 Å². The molecule has 77 heavy (non-hydrogen) atoms. The van der Waals surface area contributed by atoms with Gasteiger partial charge in [-0.3, -0.25) is 24.0 Å². The topological polar surface area (TPSA) is 216 Å². The molecule has 12 rings (SSSR count). The van der Waals surface area contributed by atoms with E-state index in [9.17, 15) is 39.0 Å². The molecule has 408 valence electrons. The molecule has 0 unspecified atom stereocenters. The van der Waals surface area contributed by atoms with E-state index in [1.54, 1.807) is 27.7 Å². The van der Waals surface area contributed by atoms with Crippen LogP contribution in [0.15, 0.2) is 96.6 Å². The molecule has 6 saturated carbocycles. The second kappa shape index (κ2) is 18.8. The number of nitrogens with one attached hydrogen (secondary N) is 3. The van der Waals surface area contributed by atoms with Crippen LogP contribution >= 0.6 is 0 Å². The zero-order chi connectivity index (χ0) is 54.7. The van der Waals surface area contributed by atoms with Crippen molar-refractivity contribution in [2.24, 2.45) is 28.1 Å². The Labute approximate surface area is 445 Å². The predicted molar refractivity (Wildman–Crippen MR) is 275 cm³/mol. The summed E-state index contributed by atoms with van der Waals surface area (Å²) in [6.07, 6.45) is -0.135. The molecule has 5 N–H and O–H groups in total. The highest BCUT2D eigenvalue weighted by molar-refractivity contribution is 6.01. The Kier molecular flexibility index (Phi) is 12.9. The molecule has 1 aliphatic heterocycles. The molecule has 1 heterocycles. The van der Waals surface area contributed by atoms with Crippen molar-refractivity contribution < 1.29 is 66.7 Å². The second-order valence-corrected chi connectivity index (χ2v) is 24.6. The third kappa shape index (κ3) is 8.56. The normalized spacial score (nSPS) is 35.2. The van der Waals surface area contributed by atoms with Crippen molar-refractivity contribution in [1.29, 1.82) is 0 Å². The first-order chi connectivity index (χ1) is 36.5. The smallest absolute Gasteiger partial charge is 0.407 e. The molecule has 9 aliphatic rings. The van der Waals surface area contributed by atoms with Crippen LogP contribution in [0.3, 0.4) is 0 Å². The highest BCUT2D eigenvalue weighted by Gasteiger charge is 2.80. The summed E-state index contributed by atoms with van der Waals surface area (Å²) in [5, 5.41) is 30.6. The van der Waals surface area contributed by atoms with Gasteiger partial charge in [-0.2, -0.15) is 0 Å². The minimum atomic E-state index is -2.36. The number of aliphatic hydroxyl groups excluding tert-OH is 2. The fraction of sp³-hybridized carbons (Fsp3) is 0.533. The van der Waals surface area contributed by atoms with Crippen LogP contribution < -0.4 is 16.0 Å². The Morgan fingerprint density at radius 3 is 2.22 bits per heavy atom. The number of hydrogen-bond acceptors (Lipinski definition) is 12. The summed E-state index contributed by atoms with van der Waals surface area (Å²) in [4.78, 5) is 79.2. The Hall–Kier alpha value is -6.14. The van der Waals surface area contributed by atoms with Crippen LogP contribution in [-0.4, -0.2) is 112 Å². The quantitative estimate of drug-likeness (QED) is 0.0968. The number of alkyl carbamates (subject to hydrolysis) is 1. The van der Waals surface area contributed by atoms with E-state index in [0.717, 1.165) is 33.9 Å². The number of ether oxygens (including phenoxy) is 4. The molecule has 3 amide bonds. The van der Waals surface area contributed by atoms with Gasteiger partial charge in [-0.25, -0.2) is 13.6 Å². The number of alkyl halides is 2. The van der Waals surface area contributed by atoms with Gasteiger partial charge in [-0.05, 0) is 136 Å². The van der Waals surface area contributed by atoms with Crippen molar-refractivity contribution in [3.63, 3.8) is 0 Å². The minimum absolute atomic E-state index is 0.00314. The predicted octanol–water partition coefficient (Wildman–Crippen LogP) is 7.06. The van der Waals surface area contributed by atoms with Crippen LogP contribution in [0.25, 0.3) is 11.1 Å². The van der Waals surface area contributed by atoms with E-state index in [-0.39, 0.29) is 55.6 Å². The molecular formula is C60H67F2N3O12. The molecule has 0 spiro atoms. The largest absolute Gasteiger partial charge is 0.460 e. The van der Waals surface area contributed by atoms with E-state index in [2.05, 4.69) is 16.0 Å². The summed E-state index contributed by atoms with van der Waals surface area (Å²) in [6, 6.07) is 22.4. The van der Waals surface area contributed by atoms with Gasteiger partial charge in [0.05, 0.1) is 12.2 Å². The number of carbonyl (C=O) groups excluding carboxylic acids is 6. The Balaban J connectivity index is 0.699. The maximum atomic E-state index is 17.8. The number of benzene rings is 3. The highest BCUT2D eigenvalue weighted by Crippen LogP contribution is 2.73. The Morgan fingerprint density at radius 1 is 0.909 bits per heavy atom. The van der Waals surface area contributed by atoms with E-state index in [4.69, 9.17) is 18.9 Å². The highest BCUT2D eigenvalue weighted by atomic mass is 19.1. The first-order valence-electron chi connectivity index (χ1n) is 26.9. The zero-order valence-corrected chi connectivity index (χ0v) is 44.0. The lowest BCUT2D eigenvalue weighted by Gasteiger charge is -2.71. The Bertz CT molecular complexity index is 2940. The van der Waals surface area contributed by atoms with Crippen LogP contribution in [0.2, 0.25) is 0 Å². The first kappa shape index (κ1) is 52.9. The van der Waals surface area contributed by atoms with Crippen molar-refractivity contribution in [3.05, 3.63) is 119 Å². The summed E-state index contributed by atoms with van der Waals surface area (Å²) >= 11 is 0. The monoisotopic (exact) mass is 1060 g/mol. The average molecular weight is 1060 g/mol. The molecule has 15 nitrogen and oxygen atoms in total. The summed E-state index contributed by atoms with van der Waals surface area (Å²) in [7, 11) is 0. The molecule has 2 bridgehead atoms. The number of carbonyl (C=O) groups is 6. The molecular weight excluding hydrogens is 993 g/mol. The fourth-order valence-electron chi connectivity index (χ4n) is 15.6. The molecule has 8 aliphatic carbocycles. The van der Waals surface area contributed by atoms with Crippen LogP contribution in [0.1, 0.15) is 120 Å². The molecule has 7 fully saturated rings. The number of halogens is 2. The number of Topliss-reactive ketones (excluding diaryl/α,β-unsaturated/α-hetero) is 1. The molecule has 11 atom stereocenters. The SMILES string of the molecule is CC(C)(C)OC(=O)CC[C@H](NC(=O)CNC(=O)OCC1c2ccccc2-c2ccccc21)C(=O)NC12CC(Cc3ccc([C@@H]4O[C@@H]5C[C@H]6[C@@H]7C[C@H](F)C8=CC(=O)C=C[C@]8(C)[C@@]7(F)[C@@H](O)C[C@]6(C)[C@]5(C(=O)CO)O4)cc3)(C1)C2. The van der Waals surface area contributed by atoms with Gasteiger partial charge in [-0.15, -0.1) is 0 Å². The summed E-state index contributed by atoms with van der Waals surface area (Å²) in [5.41, 5.74) is -2.40. The number of aliphatic hydroxyl groups is 2. The van der Waals surface area contributed by atoms with Crippen molar-refractivity contribution in [1.82, 2.24) is 16.0 Å². The van der Waals surface area contributed by atoms with Crippen LogP contribution in [0.4, 0.5) is 13.6 Å². The number of esters is 1. The molecule has 0 radical (unpaired) electrons. The maximum Gasteiger partial charge on any atom is 0.407 e. The van der Waals surface area contributed by atoms with Gasteiger partial charge < -0.3 is 45.1 Å². The molecule has 17 heteroatoms. The van der Waals surface area contributed by atoms with Gasteiger partial charge in [-0.1, -0.05) is 85.8 Å². The first-order valence-corrected chi connectivity index (χ1v) is 26.9. The number of allylic oxidation sites excluding steroid dienone is 4. The molecule has 0 aromatic heterocycles. The molecule has 3 aromatic carbocycles. The maximum absolute atomic E-state index is 17.8. The minimum Gasteiger partial charge on any atom is -0.460 e. The third-order valence-corrected chi connectivity index (χ3v) is 18.7. The van der Waals surface area contributed by atoms with E-state index in [0.29, 0.717) is 31.2 Å². The van der Waals surface area contributed by atoms with Crippen LogP contribution in [0, 0.1) is 28.1 Å². The second-order valence-electron chi connectivity index (χ2n) is 24.6. The van der Waals surface area contributed by atoms with Crippen LogP contribution in [-0.2, 0) is 49.3 Å². The summed E-state index contributed by atoms with van der Waals surface area (Å²) in [6.45, 7) is 7.21. The van der Waals surface area contributed by atoms with Crippen molar-refractivity contribution >= 4 is 35.4 Å².